The summed E-state index contributed by atoms with van der Waals surface area (Å²) >= 11 is 0. The fourth-order valence-electron chi connectivity index (χ4n) is 0.651. The third kappa shape index (κ3) is 1.14. The second-order valence-electron chi connectivity index (χ2n) is 1.84. The van der Waals surface area contributed by atoms with Crippen LogP contribution in [0.2, 0.25) is 0 Å². The SMILES string of the molecule is Cc1nn(P)cc1[N+](=O)[O-]. The molecule has 1 aromatic rings. The van der Waals surface area contributed by atoms with Crippen LogP contribution in [0.15, 0.2) is 6.20 Å². The van der Waals surface area contributed by atoms with Crippen LogP contribution in [0.5, 0.6) is 0 Å². The Hall–Kier alpha value is -0.960. The van der Waals surface area contributed by atoms with Crippen molar-refractivity contribution in [1.29, 1.82) is 0 Å². The fraction of sp³-hybridized carbons (Fsp3) is 0.250. The van der Waals surface area contributed by atoms with Gasteiger partial charge in [-0.3, -0.25) is 14.6 Å². The van der Waals surface area contributed by atoms with Crippen molar-refractivity contribution in [3.05, 3.63) is 22.0 Å². The minimum Gasteiger partial charge on any atom is -0.258 e. The van der Waals surface area contributed by atoms with E-state index >= 15 is 0 Å². The molecular formula is C4H6N3O2P. The minimum absolute atomic E-state index is 0.0509. The van der Waals surface area contributed by atoms with Gasteiger partial charge in [-0.25, -0.2) is 0 Å². The molecule has 0 radical (unpaired) electrons. The summed E-state index contributed by atoms with van der Waals surface area (Å²) in [5, 5.41) is 13.9. The van der Waals surface area contributed by atoms with Crippen molar-refractivity contribution in [1.82, 2.24) is 9.55 Å². The van der Waals surface area contributed by atoms with Gasteiger partial charge < -0.3 is 0 Å². The molecule has 0 bridgehead atoms. The first-order valence-corrected chi connectivity index (χ1v) is 3.08. The van der Waals surface area contributed by atoms with E-state index in [9.17, 15) is 10.1 Å². The molecule has 0 amide bonds. The molecule has 1 rings (SSSR count). The lowest BCUT2D eigenvalue weighted by atomic mass is 10.4. The highest BCUT2D eigenvalue weighted by atomic mass is 31.0. The molecule has 0 aliphatic heterocycles. The van der Waals surface area contributed by atoms with Gasteiger partial charge >= 0.3 is 5.69 Å². The van der Waals surface area contributed by atoms with Gasteiger partial charge in [0.05, 0.1) is 4.92 Å². The molecule has 1 aromatic heterocycles. The van der Waals surface area contributed by atoms with E-state index < -0.39 is 4.92 Å². The number of nitro groups is 1. The van der Waals surface area contributed by atoms with E-state index in [1.807, 2.05) is 0 Å². The molecule has 1 atom stereocenters. The normalized spacial score (nSPS) is 9.80. The Morgan fingerprint density at radius 1 is 1.90 bits per heavy atom. The molecular weight excluding hydrogens is 153 g/mol. The Bertz CT molecular complexity index is 269. The first kappa shape index (κ1) is 7.15. The first-order valence-electron chi connectivity index (χ1n) is 2.57. The van der Waals surface area contributed by atoms with Gasteiger partial charge in [0.1, 0.15) is 11.9 Å². The Morgan fingerprint density at radius 3 is 2.70 bits per heavy atom. The van der Waals surface area contributed by atoms with Crippen LogP contribution >= 0.6 is 9.39 Å². The van der Waals surface area contributed by atoms with E-state index in [0.717, 1.165) is 0 Å². The molecule has 5 nitrogen and oxygen atoms in total. The average Bonchev–Trinajstić information content (AvgIpc) is 2.10. The fourth-order valence-corrected chi connectivity index (χ4v) is 0.966. The van der Waals surface area contributed by atoms with Crippen molar-refractivity contribution in [3.8, 4) is 0 Å². The summed E-state index contributed by atoms with van der Waals surface area (Å²) in [4.78, 5) is 9.72. The van der Waals surface area contributed by atoms with Crippen LogP contribution in [0.1, 0.15) is 5.69 Å². The molecule has 0 spiro atoms. The van der Waals surface area contributed by atoms with Crippen molar-refractivity contribution >= 4 is 15.1 Å². The van der Waals surface area contributed by atoms with Gasteiger partial charge in [-0.1, -0.05) is 0 Å². The van der Waals surface area contributed by atoms with Crippen LogP contribution in [0, 0.1) is 17.0 Å². The summed E-state index contributed by atoms with van der Waals surface area (Å²) < 4.78 is 1.34. The van der Waals surface area contributed by atoms with Crippen LogP contribution < -0.4 is 0 Å². The third-order valence-electron chi connectivity index (χ3n) is 1.09. The predicted molar refractivity (Wildman–Crippen MR) is 38.7 cm³/mol. The van der Waals surface area contributed by atoms with Crippen molar-refractivity contribution in [2.24, 2.45) is 0 Å². The van der Waals surface area contributed by atoms with Gasteiger partial charge in [0.2, 0.25) is 0 Å². The summed E-state index contributed by atoms with van der Waals surface area (Å²) in [6.07, 6.45) is 1.35. The summed E-state index contributed by atoms with van der Waals surface area (Å²) in [6, 6.07) is 0. The molecule has 0 fully saturated rings. The van der Waals surface area contributed by atoms with E-state index in [1.54, 1.807) is 6.92 Å². The molecule has 1 heterocycles. The monoisotopic (exact) mass is 159 g/mol. The number of nitrogens with zero attached hydrogens (tertiary/aromatic N) is 3. The largest absolute Gasteiger partial charge is 0.310 e. The minimum atomic E-state index is -0.455. The zero-order valence-corrected chi connectivity index (χ0v) is 6.47. The molecule has 0 aliphatic carbocycles. The van der Waals surface area contributed by atoms with Gasteiger partial charge in [-0.15, -0.1) is 0 Å². The van der Waals surface area contributed by atoms with Crippen LogP contribution in [0.25, 0.3) is 0 Å². The van der Waals surface area contributed by atoms with Gasteiger partial charge in [-0.05, 0) is 16.3 Å². The molecule has 0 aromatic carbocycles. The highest BCUT2D eigenvalue weighted by Gasteiger charge is 2.12. The van der Waals surface area contributed by atoms with E-state index in [-0.39, 0.29) is 5.69 Å². The number of rotatable bonds is 1. The lowest BCUT2D eigenvalue weighted by Crippen LogP contribution is -1.86. The van der Waals surface area contributed by atoms with E-state index in [4.69, 9.17) is 0 Å². The number of hydrogen-bond donors (Lipinski definition) is 0. The molecule has 54 valence electrons. The molecule has 6 heteroatoms. The third-order valence-corrected chi connectivity index (χ3v) is 1.35. The first-order chi connectivity index (χ1) is 4.61. The second kappa shape index (κ2) is 2.34. The predicted octanol–water partition coefficient (Wildman–Crippen LogP) is 0.738. The van der Waals surface area contributed by atoms with Crippen LogP contribution in [0.3, 0.4) is 0 Å². The van der Waals surface area contributed by atoms with E-state index in [2.05, 4.69) is 14.5 Å². The molecule has 0 saturated carbocycles. The van der Waals surface area contributed by atoms with Gasteiger partial charge in [0, 0.05) is 0 Å². The number of hydrogen-bond acceptors (Lipinski definition) is 3. The molecule has 1 unspecified atom stereocenters. The highest BCUT2D eigenvalue weighted by Crippen LogP contribution is 2.15. The summed E-state index contributed by atoms with van der Waals surface area (Å²) in [7, 11) is 2.23. The maximum absolute atomic E-state index is 10.2. The van der Waals surface area contributed by atoms with Crippen molar-refractivity contribution in [2.45, 2.75) is 6.92 Å². The number of aryl methyl sites for hydroxylation is 1. The lowest BCUT2D eigenvalue weighted by Gasteiger charge is -1.81. The van der Waals surface area contributed by atoms with E-state index in [0.29, 0.717) is 5.69 Å². The average molecular weight is 159 g/mol. The van der Waals surface area contributed by atoms with Crippen LogP contribution in [-0.4, -0.2) is 14.5 Å². The Labute approximate surface area is 59.4 Å². The van der Waals surface area contributed by atoms with Gasteiger partial charge in [0.15, 0.2) is 0 Å². The maximum Gasteiger partial charge on any atom is 0.310 e. The molecule has 0 saturated heterocycles. The van der Waals surface area contributed by atoms with Gasteiger partial charge in [-0.2, -0.15) is 5.10 Å². The smallest absolute Gasteiger partial charge is 0.258 e. The molecule has 0 N–H and O–H groups in total. The van der Waals surface area contributed by atoms with Crippen molar-refractivity contribution in [2.75, 3.05) is 0 Å². The molecule has 10 heavy (non-hydrogen) atoms. The van der Waals surface area contributed by atoms with Crippen molar-refractivity contribution in [3.63, 3.8) is 0 Å². The second-order valence-corrected chi connectivity index (χ2v) is 2.37. The lowest BCUT2D eigenvalue weighted by molar-refractivity contribution is -0.385. The Morgan fingerprint density at radius 2 is 2.50 bits per heavy atom. The zero-order chi connectivity index (χ0) is 7.72. The zero-order valence-electron chi connectivity index (χ0n) is 5.31. The summed E-state index contributed by atoms with van der Waals surface area (Å²) in [6.45, 7) is 1.60. The number of aromatic nitrogens is 2. The quantitative estimate of drug-likeness (QED) is 0.345. The van der Waals surface area contributed by atoms with Crippen LogP contribution in [-0.2, 0) is 0 Å². The maximum atomic E-state index is 10.2. The summed E-state index contributed by atoms with van der Waals surface area (Å²) in [5.41, 5.74) is 0.481. The van der Waals surface area contributed by atoms with E-state index in [1.165, 1.54) is 10.6 Å². The topological polar surface area (TPSA) is 61.0 Å². The van der Waals surface area contributed by atoms with Gasteiger partial charge in [0.25, 0.3) is 0 Å². The summed E-state index contributed by atoms with van der Waals surface area (Å²) in [5.74, 6) is 0. The Kier molecular flexibility index (Phi) is 1.68. The Balaban J connectivity index is 3.15. The standard InChI is InChI=1S/C4H6N3O2P/c1-3-4(7(8)9)2-6(10)5-3/h2H,10H2,1H3. The van der Waals surface area contributed by atoms with Crippen LogP contribution in [0.4, 0.5) is 5.69 Å². The molecule has 0 aliphatic rings. The highest BCUT2D eigenvalue weighted by molar-refractivity contribution is 7.14. The van der Waals surface area contributed by atoms with Crippen molar-refractivity contribution < 1.29 is 4.92 Å².